The first-order valence-corrected chi connectivity index (χ1v) is 15.7. The molecule has 0 saturated heterocycles. The van der Waals surface area contributed by atoms with Gasteiger partial charge in [-0.1, -0.05) is 135 Å². The van der Waals surface area contributed by atoms with Crippen molar-refractivity contribution in [3.8, 4) is 0 Å². The molecular weight excluding hydrogens is 432 g/mol. The van der Waals surface area contributed by atoms with Crippen molar-refractivity contribution < 1.29 is 14.6 Å². The van der Waals surface area contributed by atoms with Gasteiger partial charge in [0.25, 0.3) is 0 Å². The molecule has 0 aliphatic rings. The number of carbonyl (C=O) groups is 1. The number of unbranched alkanes of at least 4 members (excludes halogenated alkanes) is 22. The molecule has 0 atom stereocenters. The number of aliphatic hydroxyl groups excluding tert-OH is 1. The third-order valence-corrected chi connectivity index (χ3v) is 6.96. The Labute approximate surface area is 219 Å². The van der Waals surface area contributed by atoms with Crippen LogP contribution in [0.2, 0.25) is 0 Å². The van der Waals surface area contributed by atoms with Crippen LogP contribution < -0.4 is 0 Å². The monoisotopic (exact) mass is 494 g/mol. The number of carbonyl (C=O) groups excluding carboxylic acids is 1. The smallest absolute Gasteiger partial charge is 0.305 e. The Morgan fingerprint density at radius 1 is 0.543 bits per heavy atom. The van der Waals surface area contributed by atoms with E-state index in [1.165, 1.54) is 135 Å². The van der Waals surface area contributed by atoms with Crippen LogP contribution in [0.3, 0.4) is 0 Å². The average Bonchev–Trinajstić information content (AvgIpc) is 2.86. The highest BCUT2D eigenvalue weighted by atomic mass is 16.5. The number of hydrogen-bond donors (Lipinski definition) is 1. The molecule has 0 bridgehead atoms. The molecule has 208 valence electrons. The van der Waals surface area contributed by atoms with Gasteiger partial charge in [-0.05, 0) is 44.9 Å². The standard InChI is InChI=1S/C32H62O3/c1-2-3-4-5-6-7-8-9-10-11-14-17-20-23-26-29-32(34)35-31-28-25-22-19-16-13-12-15-18-21-24-27-30-33/h9-10,33H,2-8,11-31H2,1H3/b10-9-. The number of aliphatic hydroxyl groups is 1. The summed E-state index contributed by atoms with van der Waals surface area (Å²) in [5.41, 5.74) is 0. The summed E-state index contributed by atoms with van der Waals surface area (Å²) in [6.45, 7) is 3.23. The van der Waals surface area contributed by atoms with Crippen LogP contribution in [0.1, 0.15) is 174 Å². The van der Waals surface area contributed by atoms with Crippen molar-refractivity contribution in [3.05, 3.63) is 12.2 Å². The predicted octanol–water partition coefficient (Wildman–Crippen LogP) is 10.2. The van der Waals surface area contributed by atoms with Gasteiger partial charge in [0.2, 0.25) is 0 Å². The molecule has 0 aromatic rings. The fraction of sp³-hybridized carbons (Fsp3) is 0.906. The summed E-state index contributed by atoms with van der Waals surface area (Å²) >= 11 is 0. The number of allylic oxidation sites excluding steroid dienone is 2. The second kappa shape index (κ2) is 31.2. The predicted molar refractivity (Wildman–Crippen MR) is 153 cm³/mol. The summed E-state index contributed by atoms with van der Waals surface area (Å²) < 4.78 is 5.40. The first kappa shape index (κ1) is 34.2. The van der Waals surface area contributed by atoms with Crippen molar-refractivity contribution in [3.63, 3.8) is 0 Å². The maximum atomic E-state index is 11.9. The number of esters is 1. The van der Waals surface area contributed by atoms with Crippen molar-refractivity contribution in [2.24, 2.45) is 0 Å². The molecule has 0 heterocycles. The molecule has 0 aromatic carbocycles. The topological polar surface area (TPSA) is 46.5 Å². The molecule has 0 rings (SSSR count). The minimum atomic E-state index is 0.00150. The van der Waals surface area contributed by atoms with E-state index in [1.807, 2.05) is 0 Å². The Balaban J connectivity index is 3.19. The molecule has 0 saturated carbocycles. The molecule has 3 heteroatoms. The van der Waals surface area contributed by atoms with E-state index in [4.69, 9.17) is 9.84 Å². The first-order chi connectivity index (χ1) is 17.3. The average molecular weight is 495 g/mol. The van der Waals surface area contributed by atoms with Crippen molar-refractivity contribution in [2.45, 2.75) is 174 Å². The lowest BCUT2D eigenvalue weighted by atomic mass is 10.1. The van der Waals surface area contributed by atoms with Crippen LogP contribution in [0.4, 0.5) is 0 Å². The maximum absolute atomic E-state index is 11.9. The van der Waals surface area contributed by atoms with E-state index in [9.17, 15) is 4.79 Å². The number of rotatable bonds is 29. The summed E-state index contributed by atoms with van der Waals surface area (Å²) in [5.74, 6) is 0.00150. The third kappa shape index (κ3) is 31.1. The number of ether oxygens (including phenoxy) is 1. The summed E-state index contributed by atoms with van der Waals surface area (Å²) in [6.07, 6.45) is 36.9. The van der Waals surface area contributed by atoms with Crippen molar-refractivity contribution >= 4 is 5.97 Å². The summed E-state index contributed by atoms with van der Waals surface area (Å²) in [7, 11) is 0. The molecule has 0 aliphatic heterocycles. The van der Waals surface area contributed by atoms with Crippen molar-refractivity contribution in [2.75, 3.05) is 13.2 Å². The van der Waals surface area contributed by atoms with Crippen LogP contribution in [-0.2, 0) is 9.53 Å². The van der Waals surface area contributed by atoms with E-state index in [1.54, 1.807) is 0 Å². The quantitative estimate of drug-likeness (QED) is 0.0639. The van der Waals surface area contributed by atoms with Crippen LogP contribution in [0.25, 0.3) is 0 Å². The molecule has 35 heavy (non-hydrogen) atoms. The minimum Gasteiger partial charge on any atom is -0.466 e. The highest BCUT2D eigenvalue weighted by Crippen LogP contribution is 2.13. The van der Waals surface area contributed by atoms with Crippen LogP contribution in [-0.4, -0.2) is 24.3 Å². The van der Waals surface area contributed by atoms with E-state index in [0.717, 1.165) is 25.7 Å². The minimum absolute atomic E-state index is 0.00150. The Kier molecular flexibility index (Phi) is 30.5. The lowest BCUT2D eigenvalue weighted by Gasteiger charge is -2.05. The van der Waals surface area contributed by atoms with Gasteiger partial charge < -0.3 is 9.84 Å². The molecule has 0 aromatic heterocycles. The largest absolute Gasteiger partial charge is 0.466 e. The van der Waals surface area contributed by atoms with Gasteiger partial charge in [-0.3, -0.25) is 4.79 Å². The second-order valence-corrected chi connectivity index (χ2v) is 10.5. The van der Waals surface area contributed by atoms with Gasteiger partial charge in [-0.2, -0.15) is 0 Å². The van der Waals surface area contributed by atoms with Crippen LogP contribution >= 0.6 is 0 Å². The normalized spacial score (nSPS) is 11.5. The molecular formula is C32H62O3. The molecule has 0 spiro atoms. The van der Waals surface area contributed by atoms with Crippen LogP contribution in [0, 0.1) is 0 Å². The van der Waals surface area contributed by atoms with Crippen molar-refractivity contribution in [1.82, 2.24) is 0 Å². The van der Waals surface area contributed by atoms with E-state index in [-0.39, 0.29) is 5.97 Å². The zero-order chi connectivity index (χ0) is 25.5. The Hall–Kier alpha value is -0.830. The van der Waals surface area contributed by atoms with E-state index in [0.29, 0.717) is 19.6 Å². The highest BCUT2D eigenvalue weighted by Gasteiger charge is 2.02. The fourth-order valence-electron chi connectivity index (χ4n) is 4.58. The van der Waals surface area contributed by atoms with Crippen LogP contribution in [0.15, 0.2) is 12.2 Å². The van der Waals surface area contributed by atoms with Crippen molar-refractivity contribution in [1.29, 1.82) is 0 Å². The van der Waals surface area contributed by atoms with Gasteiger partial charge in [0, 0.05) is 13.0 Å². The zero-order valence-electron chi connectivity index (χ0n) is 23.7. The Morgan fingerprint density at radius 2 is 0.943 bits per heavy atom. The van der Waals surface area contributed by atoms with Gasteiger partial charge in [-0.15, -0.1) is 0 Å². The van der Waals surface area contributed by atoms with Gasteiger partial charge in [0.15, 0.2) is 0 Å². The number of hydrogen-bond acceptors (Lipinski definition) is 3. The van der Waals surface area contributed by atoms with Gasteiger partial charge in [0.1, 0.15) is 0 Å². The molecule has 3 nitrogen and oxygen atoms in total. The van der Waals surface area contributed by atoms with E-state index in [2.05, 4.69) is 19.1 Å². The highest BCUT2D eigenvalue weighted by molar-refractivity contribution is 5.69. The molecule has 0 radical (unpaired) electrons. The van der Waals surface area contributed by atoms with Gasteiger partial charge >= 0.3 is 5.97 Å². The zero-order valence-corrected chi connectivity index (χ0v) is 23.7. The summed E-state index contributed by atoms with van der Waals surface area (Å²) in [6, 6.07) is 0. The molecule has 0 amide bonds. The Bertz CT molecular complexity index is 433. The SMILES string of the molecule is CCCCCCCC/C=C\CCCCCCCC(=O)OCCCCCCCCCCCCCCO. The summed E-state index contributed by atoms with van der Waals surface area (Å²) in [4.78, 5) is 11.9. The van der Waals surface area contributed by atoms with Gasteiger partial charge in [-0.25, -0.2) is 0 Å². The van der Waals surface area contributed by atoms with Gasteiger partial charge in [0.05, 0.1) is 6.61 Å². The van der Waals surface area contributed by atoms with E-state index < -0.39 is 0 Å². The van der Waals surface area contributed by atoms with Crippen LogP contribution in [0.5, 0.6) is 0 Å². The molecule has 0 unspecified atom stereocenters. The molecule has 0 aliphatic carbocycles. The maximum Gasteiger partial charge on any atom is 0.305 e. The first-order valence-electron chi connectivity index (χ1n) is 15.7. The lowest BCUT2D eigenvalue weighted by molar-refractivity contribution is -0.143. The lowest BCUT2D eigenvalue weighted by Crippen LogP contribution is -2.05. The van der Waals surface area contributed by atoms with E-state index >= 15 is 0 Å². The third-order valence-electron chi connectivity index (χ3n) is 6.96. The Morgan fingerprint density at radius 3 is 1.43 bits per heavy atom. The summed E-state index contributed by atoms with van der Waals surface area (Å²) in [5, 5.41) is 8.76. The molecule has 0 fully saturated rings. The fourth-order valence-corrected chi connectivity index (χ4v) is 4.58. The molecule has 1 N–H and O–H groups in total. The second-order valence-electron chi connectivity index (χ2n) is 10.5.